The van der Waals surface area contributed by atoms with Crippen LogP contribution in [0.25, 0.3) is 0 Å². The smallest absolute Gasteiger partial charge is 0.243 e. The Kier molecular flexibility index (Phi) is 3.53. The van der Waals surface area contributed by atoms with Gasteiger partial charge in [-0.05, 0) is 26.7 Å². The van der Waals surface area contributed by atoms with Gasteiger partial charge in [0.2, 0.25) is 5.91 Å². The first-order valence-corrected chi connectivity index (χ1v) is 5.67. The predicted molar refractivity (Wildman–Crippen MR) is 57.9 cm³/mol. The zero-order chi connectivity index (χ0) is 10.8. The fourth-order valence-electron chi connectivity index (χ4n) is 2.08. The highest BCUT2D eigenvalue weighted by Gasteiger charge is 2.45. The molecule has 0 radical (unpaired) electrons. The Labute approximate surface area is 86.9 Å². The summed E-state index contributed by atoms with van der Waals surface area (Å²) in [5.74, 6) is 0.265. The van der Waals surface area contributed by atoms with E-state index >= 15 is 0 Å². The van der Waals surface area contributed by atoms with Gasteiger partial charge in [-0.15, -0.1) is 0 Å². The Morgan fingerprint density at radius 1 is 1.43 bits per heavy atom. The highest BCUT2D eigenvalue weighted by molar-refractivity contribution is 5.88. The minimum Gasteiger partial charge on any atom is -0.326 e. The fraction of sp³-hybridized carbons (Fsp3) is 0.909. The van der Waals surface area contributed by atoms with E-state index < -0.39 is 0 Å². The van der Waals surface area contributed by atoms with Gasteiger partial charge < -0.3 is 4.90 Å². The molecule has 0 aromatic carbocycles. The number of carbonyl (C=O) groups excluding carboxylic acids is 1. The molecule has 0 saturated carbocycles. The van der Waals surface area contributed by atoms with Crippen molar-refractivity contribution in [3.8, 4) is 0 Å². The molecular formula is C11H22N2O. The number of likely N-dealkylation sites (N-methyl/N-ethyl adjacent to an activating group) is 1. The molecule has 14 heavy (non-hydrogen) atoms. The van der Waals surface area contributed by atoms with E-state index in [0.717, 1.165) is 25.8 Å². The fourth-order valence-corrected chi connectivity index (χ4v) is 2.08. The number of rotatable bonds is 4. The van der Waals surface area contributed by atoms with Gasteiger partial charge >= 0.3 is 0 Å². The summed E-state index contributed by atoms with van der Waals surface area (Å²) in [5.41, 5.74) is -0.324. The van der Waals surface area contributed by atoms with Gasteiger partial charge in [0.15, 0.2) is 0 Å². The van der Waals surface area contributed by atoms with Gasteiger partial charge in [-0.3, -0.25) is 10.1 Å². The number of hydrogen-bond acceptors (Lipinski definition) is 2. The lowest BCUT2D eigenvalue weighted by atomic mass is 9.99. The Morgan fingerprint density at radius 3 is 2.50 bits per heavy atom. The van der Waals surface area contributed by atoms with Gasteiger partial charge in [-0.25, -0.2) is 0 Å². The summed E-state index contributed by atoms with van der Waals surface area (Å²) in [6.45, 7) is 9.08. The molecule has 3 nitrogen and oxygen atoms in total. The van der Waals surface area contributed by atoms with Gasteiger partial charge in [-0.2, -0.15) is 0 Å². The summed E-state index contributed by atoms with van der Waals surface area (Å²) < 4.78 is 0. The molecule has 2 unspecified atom stereocenters. The molecule has 1 amide bonds. The van der Waals surface area contributed by atoms with Crippen LogP contribution >= 0.6 is 0 Å². The maximum absolute atomic E-state index is 12.0. The molecule has 0 aromatic rings. The third kappa shape index (κ3) is 1.78. The molecule has 0 aromatic heterocycles. The molecule has 1 aliphatic rings. The van der Waals surface area contributed by atoms with E-state index in [2.05, 4.69) is 19.2 Å². The number of nitrogens with one attached hydrogen (secondary N) is 1. The van der Waals surface area contributed by atoms with E-state index in [1.807, 2.05) is 18.7 Å². The summed E-state index contributed by atoms with van der Waals surface area (Å²) >= 11 is 0. The molecule has 1 N–H and O–H groups in total. The molecule has 1 rings (SSSR count). The minimum atomic E-state index is -0.324. The Balaban J connectivity index is 2.78. The Morgan fingerprint density at radius 2 is 2.07 bits per heavy atom. The monoisotopic (exact) mass is 198 g/mol. The number of amides is 1. The lowest BCUT2D eigenvalue weighted by Crippen LogP contribution is -2.43. The van der Waals surface area contributed by atoms with E-state index in [1.54, 1.807) is 0 Å². The summed E-state index contributed by atoms with van der Waals surface area (Å²) in [6.07, 6.45) is 3.28. The predicted octanol–water partition coefficient (Wildman–Crippen LogP) is 1.73. The zero-order valence-electron chi connectivity index (χ0n) is 9.76. The molecule has 0 bridgehead atoms. The van der Waals surface area contributed by atoms with Crippen molar-refractivity contribution >= 4 is 5.91 Å². The molecule has 1 heterocycles. The first kappa shape index (κ1) is 11.5. The average molecular weight is 198 g/mol. The Bertz CT molecular complexity index is 217. The molecule has 1 aliphatic heterocycles. The van der Waals surface area contributed by atoms with E-state index in [1.165, 1.54) is 0 Å². The van der Waals surface area contributed by atoms with Gasteiger partial charge in [0.1, 0.15) is 0 Å². The van der Waals surface area contributed by atoms with Crippen LogP contribution in [0.15, 0.2) is 0 Å². The highest BCUT2D eigenvalue weighted by Crippen LogP contribution is 2.25. The van der Waals surface area contributed by atoms with Crippen LogP contribution in [0, 0.1) is 0 Å². The lowest BCUT2D eigenvalue weighted by Gasteiger charge is -2.21. The van der Waals surface area contributed by atoms with E-state index in [4.69, 9.17) is 0 Å². The maximum atomic E-state index is 12.0. The standard InChI is InChI=1S/C11H22N2O/c1-5-8-9-12-11(4,6-2)10(14)13(9)7-3/h9,12H,5-8H2,1-4H3. The van der Waals surface area contributed by atoms with Crippen molar-refractivity contribution in [2.45, 2.75) is 58.7 Å². The van der Waals surface area contributed by atoms with Crippen molar-refractivity contribution in [1.82, 2.24) is 10.2 Å². The average Bonchev–Trinajstić information content (AvgIpc) is 2.41. The van der Waals surface area contributed by atoms with Crippen LogP contribution in [0.1, 0.15) is 47.0 Å². The van der Waals surface area contributed by atoms with Crippen LogP contribution in [0.2, 0.25) is 0 Å². The van der Waals surface area contributed by atoms with Crippen LogP contribution in [0.3, 0.4) is 0 Å². The van der Waals surface area contributed by atoms with Crippen molar-refractivity contribution < 1.29 is 4.79 Å². The van der Waals surface area contributed by atoms with Crippen molar-refractivity contribution in [3.05, 3.63) is 0 Å². The summed E-state index contributed by atoms with van der Waals surface area (Å²) in [5, 5.41) is 3.45. The van der Waals surface area contributed by atoms with Crippen molar-refractivity contribution in [2.24, 2.45) is 0 Å². The second-order valence-corrected chi connectivity index (χ2v) is 4.23. The second-order valence-electron chi connectivity index (χ2n) is 4.23. The summed E-state index contributed by atoms with van der Waals surface area (Å²) in [4.78, 5) is 14.0. The maximum Gasteiger partial charge on any atom is 0.243 e. The summed E-state index contributed by atoms with van der Waals surface area (Å²) in [7, 11) is 0. The lowest BCUT2D eigenvalue weighted by molar-refractivity contribution is -0.132. The quantitative estimate of drug-likeness (QED) is 0.746. The number of hydrogen-bond donors (Lipinski definition) is 1. The van der Waals surface area contributed by atoms with Gasteiger partial charge in [0.25, 0.3) is 0 Å². The minimum absolute atomic E-state index is 0.252. The molecule has 3 heteroatoms. The van der Waals surface area contributed by atoms with E-state index in [9.17, 15) is 4.79 Å². The molecule has 1 saturated heterocycles. The molecule has 1 fully saturated rings. The Hall–Kier alpha value is -0.570. The first-order chi connectivity index (χ1) is 6.59. The molecule has 2 atom stereocenters. The molecular weight excluding hydrogens is 176 g/mol. The van der Waals surface area contributed by atoms with Crippen LogP contribution in [0.5, 0.6) is 0 Å². The molecule has 0 aliphatic carbocycles. The number of nitrogens with zero attached hydrogens (tertiary/aromatic N) is 1. The second kappa shape index (κ2) is 4.30. The molecule has 82 valence electrons. The van der Waals surface area contributed by atoms with Crippen molar-refractivity contribution in [2.75, 3.05) is 6.54 Å². The highest BCUT2D eigenvalue weighted by atomic mass is 16.2. The van der Waals surface area contributed by atoms with Gasteiger partial charge in [0, 0.05) is 6.54 Å². The van der Waals surface area contributed by atoms with Crippen LogP contribution < -0.4 is 5.32 Å². The molecule has 0 spiro atoms. The van der Waals surface area contributed by atoms with E-state index in [-0.39, 0.29) is 17.6 Å². The van der Waals surface area contributed by atoms with Crippen LogP contribution in [-0.4, -0.2) is 29.1 Å². The van der Waals surface area contributed by atoms with Gasteiger partial charge in [-0.1, -0.05) is 20.3 Å². The topological polar surface area (TPSA) is 32.3 Å². The van der Waals surface area contributed by atoms with Gasteiger partial charge in [0.05, 0.1) is 11.7 Å². The van der Waals surface area contributed by atoms with Crippen LogP contribution in [0.4, 0.5) is 0 Å². The first-order valence-electron chi connectivity index (χ1n) is 5.67. The summed E-state index contributed by atoms with van der Waals surface area (Å²) in [6, 6.07) is 0. The zero-order valence-corrected chi connectivity index (χ0v) is 9.76. The van der Waals surface area contributed by atoms with E-state index in [0.29, 0.717) is 0 Å². The van der Waals surface area contributed by atoms with Crippen molar-refractivity contribution in [3.63, 3.8) is 0 Å². The largest absolute Gasteiger partial charge is 0.326 e. The number of carbonyl (C=O) groups is 1. The normalized spacial score (nSPS) is 32.7. The van der Waals surface area contributed by atoms with Crippen molar-refractivity contribution in [1.29, 1.82) is 0 Å². The third-order valence-electron chi connectivity index (χ3n) is 3.20. The van der Waals surface area contributed by atoms with Crippen LogP contribution in [-0.2, 0) is 4.79 Å². The third-order valence-corrected chi connectivity index (χ3v) is 3.20. The SMILES string of the molecule is CCCC1NC(C)(CC)C(=O)N1CC.